The standard InChI is InChI=1S/C16H21N3O/c1-3-12(10-17)9-15(20)19-14-7-6-11(2)16-13(14)5-4-8-18-16/h4-8,12H,3,9-10,17H2,1-2H3,(H,19,20). The Hall–Kier alpha value is -1.94. The predicted molar refractivity (Wildman–Crippen MR) is 82.6 cm³/mol. The van der Waals surface area contributed by atoms with Crippen LogP contribution >= 0.6 is 0 Å². The summed E-state index contributed by atoms with van der Waals surface area (Å²) in [5.74, 6) is 0.251. The van der Waals surface area contributed by atoms with Crippen LogP contribution in [0.1, 0.15) is 25.3 Å². The molecule has 4 nitrogen and oxygen atoms in total. The number of hydrogen-bond donors (Lipinski definition) is 2. The molecule has 106 valence electrons. The Morgan fingerprint density at radius 2 is 2.20 bits per heavy atom. The van der Waals surface area contributed by atoms with Crippen molar-refractivity contribution >= 4 is 22.5 Å². The third-order valence-corrected chi connectivity index (χ3v) is 3.63. The summed E-state index contributed by atoms with van der Waals surface area (Å²) in [7, 11) is 0. The molecule has 4 heteroatoms. The molecule has 0 saturated carbocycles. The van der Waals surface area contributed by atoms with Crippen molar-refractivity contribution in [3.63, 3.8) is 0 Å². The van der Waals surface area contributed by atoms with Gasteiger partial charge in [0.2, 0.25) is 5.91 Å². The van der Waals surface area contributed by atoms with E-state index in [-0.39, 0.29) is 11.8 Å². The largest absolute Gasteiger partial charge is 0.330 e. The van der Waals surface area contributed by atoms with Gasteiger partial charge in [-0.15, -0.1) is 0 Å². The molecule has 1 aromatic heterocycles. The Kier molecular flexibility index (Phi) is 4.69. The molecule has 1 amide bonds. The van der Waals surface area contributed by atoms with Gasteiger partial charge in [0.15, 0.2) is 0 Å². The van der Waals surface area contributed by atoms with E-state index in [1.807, 2.05) is 31.2 Å². The number of rotatable bonds is 5. The lowest BCUT2D eigenvalue weighted by molar-refractivity contribution is -0.117. The van der Waals surface area contributed by atoms with E-state index in [2.05, 4.69) is 17.2 Å². The van der Waals surface area contributed by atoms with Gasteiger partial charge in [0.25, 0.3) is 0 Å². The first-order valence-electron chi connectivity index (χ1n) is 7.00. The van der Waals surface area contributed by atoms with Gasteiger partial charge in [0, 0.05) is 18.0 Å². The molecular formula is C16H21N3O. The van der Waals surface area contributed by atoms with Crippen LogP contribution < -0.4 is 11.1 Å². The molecule has 0 aliphatic carbocycles. The van der Waals surface area contributed by atoms with Crippen LogP contribution in [0.5, 0.6) is 0 Å². The quantitative estimate of drug-likeness (QED) is 0.878. The van der Waals surface area contributed by atoms with Crippen LogP contribution in [0, 0.1) is 12.8 Å². The molecule has 0 bridgehead atoms. The van der Waals surface area contributed by atoms with Crippen molar-refractivity contribution in [2.24, 2.45) is 11.7 Å². The fourth-order valence-corrected chi connectivity index (χ4v) is 2.28. The number of fused-ring (bicyclic) bond motifs is 1. The topological polar surface area (TPSA) is 68.0 Å². The van der Waals surface area contributed by atoms with Crippen molar-refractivity contribution < 1.29 is 4.79 Å². The molecular weight excluding hydrogens is 250 g/mol. The zero-order chi connectivity index (χ0) is 14.5. The fraction of sp³-hybridized carbons (Fsp3) is 0.375. The molecule has 2 aromatic rings. The third-order valence-electron chi connectivity index (χ3n) is 3.63. The minimum atomic E-state index is 0.0105. The number of amides is 1. The summed E-state index contributed by atoms with van der Waals surface area (Å²) in [6.07, 6.45) is 3.14. The van der Waals surface area contributed by atoms with E-state index in [0.29, 0.717) is 13.0 Å². The molecule has 0 radical (unpaired) electrons. The fourth-order valence-electron chi connectivity index (χ4n) is 2.28. The lowest BCUT2D eigenvalue weighted by atomic mass is 10.0. The van der Waals surface area contributed by atoms with Gasteiger partial charge >= 0.3 is 0 Å². The molecule has 1 atom stereocenters. The van der Waals surface area contributed by atoms with Gasteiger partial charge < -0.3 is 11.1 Å². The molecule has 0 spiro atoms. The minimum absolute atomic E-state index is 0.0105. The summed E-state index contributed by atoms with van der Waals surface area (Å²) in [6.45, 7) is 4.61. The number of nitrogens with one attached hydrogen (secondary N) is 1. The maximum absolute atomic E-state index is 12.1. The average molecular weight is 271 g/mol. The first kappa shape index (κ1) is 14.5. The van der Waals surface area contributed by atoms with E-state index in [1.165, 1.54) is 0 Å². The predicted octanol–water partition coefficient (Wildman–Crippen LogP) is 2.86. The van der Waals surface area contributed by atoms with Crippen LogP contribution in [-0.4, -0.2) is 17.4 Å². The zero-order valence-electron chi connectivity index (χ0n) is 12.0. The normalized spacial score (nSPS) is 12.3. The molecule has 1 aromatic carbocycles. The molecule has 3 N–H and O–H groups in total. The number of carbonyl (C=O) groups excluding carboxylic acids is 1. The number of pyridine rings is 1. The molecule has 0 aliphatic heterocycles. The minimum Gasteiger partial charge on any atom is -0.330 e. The van der Waals surface area contributed by atoms with Crippen LogP contribution in [-0.2, 0) is 4.79 Å². The van der Waals surface area contributed by atoms with Crippen molar-refractivity contribution in [1.82, 2.24) is 4.98 Å². The second-order valence-electron chi connectivity index (χ2n) is 5.09. The Morgan fingerprint density at radius 1 is 1.40 bits per heavy atom. The van der Waals surface area contributed by atoms with Crippen molar-refractivity contribution in [3.05, 3.63) is 36.0 Å². The first-order chi connectivity index (χ1) is 9.65. The van der Waals surface area contributed by atoms with Gasteiger partial charge in [-0.25, -0.2) is 0 Å². The van der Waals surface area contributed by atoms with Crippen LogP contribution in [0.2, 0.25) is 0 Å². The van der Waals surface area contributed by atoms with E-state index in [4.69, 9.17) is 5.73 Å². The van der Waals surface area contributed by atoms with Crippen molar-refractivity contribution in [1.29, 1.82) is 0 Å². The highest BCUT2D eigenvalue weighted by molar-refractivity contribution is 6.01. The Balaban J connectivity index is 2.22. The lowest BCUT2D eigenvalue weighted by Gasteiger charge is -2.13. The smallest absolute Gasteiger partial charge is 0.224 e. The average Bonchev–Trinajstić information content (AvgIpc) is 2.48. The van der Waals surface area contributed by atoms with E-state index in [1.54, 1.807) is 6.20 Å². The monoisotopic (exact) mass is 271 g/mol. The molecule has 1 unspecified atom stereocenters. The summed E-state index contributed by atoms with van der Waals surface area (Å²) < 4.78 is 0. The second kappa shape index (κ2) is 6.48. The number of hydrogen-bond acceptors (Lipinski definition) is 3. The SMILES string of the molecule is CCC(CN)CC(=O)Nc1ccc(C)c2ncccc12. The number of nitrogens with zero attached hydrogens (tertiary/aromatic N) is 1. The highest BCUT2D eigenvalue weighted by atomic mass is 16.1. The first-order valence-corrected chi connectivity index (χ1v) is 7.00. The van der Waals surface area contributed by atoms with Gasteiger partial charge in [-0.05, 0) is 43.1 Å². The van der Waals surface area contributed by atoms with E-state index >= 15 is 0 Å². The van der Waals surface area contributed by atoms with Crippen molar-refractivity contribution in [3.8, 4) is 0 Å². The van der Waals surface area contributed by atoms with Crippen LogP contribution in [0.3, 0.4) is 0 Å². The third kappa shape index (κ3) is 3.14. The molecule has 0 aliphatic rings. The summed E-state index contributed by atoms with van der Waals surface area (Å²) in [6, 6.07) is 7.77. The number of anilines is 1. The van der Waals surface area contributed by atoms with Crippen LogP contribution in [0.4, 0.5) is 5.69 Å². The van der Waals surface area contributed by atoms with E-state index in [0.717, 1.165) is 28.6 Å². The van der Waals surface area contributed by atoms with Gasteiger partial charge in [0.1, 0.15) is 0 Å². The number of aryl methyl sites for hydroxylation is 1. The molecule has 0 saturated heterocycles. The summed E-state index contributed by atoms with van der Waals surface area (Å²) in [4.78, 5) is 16.5. The molecule has 2 rings (SSSR count). The highest BCUT2D eigenvalue weighted by Crippen LogP contribution is 2.24. The van der Waals surface area contributed by atoms with Crippen LogP contribution in [0.25, 0.3) is 10.9 Å². The van der Waals surface area contributed by atoms with Crippen molar-refractivity contribution in [2.75, 3.05) is 11.9 Å². The maximum Gasteiger partial charge on any atom is 0.224 e. The Morgan fingerprint density at radius 3 is 2.90 bits per heavy atom. The van der Waals surface area contributed by atoms with Gasteiger partial charge in [-0.1, -0.05) is 19.4 Å². The molecule has 0 fully saturated rings. The Bertz CT molecular complexity index is 606. The highest BCUT2D eigenvalue weighted by Gasteiger charge is 2.12. The van der Waals surface area contributed by atoms with Crippen LogP contribution in [0.15, 0.2) is 30.5 Å². The molecule has 20 heavy (non-hydrogen) atoms. The lowest BCUT2D eigenvalue weighted by Crippen LogP contribution is -2.21. The van der Waals surface area contributed by atoms with Gasteiger partial charge in [0.05, 0.1) is 11.2 Å². The van der Waals surface area contributed by atoms with E-state index in [9.17, 15) is 4.79 Å². The number of carbonyl (C=O) groups is 1. The van der Waals surface area contributed by atoms with Crippen molar-refractivity contribution in [2.45, 2.75) is 26.7 Å². The molecule has 1 heterocycles. The van der Waals surface area contributed by atoms with E-state index < -0.39 is 0 Å². The van der Waals surface area contributed by atoms with Gasteiger partial charge in [-0.3, -0.25) is 9.78 Å². The number of nitrogens with two attached hydrogens (primary N) is 1. The zero-order valence-corrected chi connectivity index (χ0v) is 12.0. The summed E-state index contributed by atoms with van der Waals surface area (Å²) in [5.41, 5.74) is 8.49. The summed E-state index contributed by atoms with van der Waals surface area (Å²) in [5, 5.41) is 3.95. The Labute approximate surface area is 119 Å². The maximum atomic E-state index is 12.1. The van der Waals surface area contributed by atoms with Gasteiger partial charge in [-0.2, -0.15) is 0 Å². The number of aromatic nitrogens is 1. The second-order valence-corrected chi connectivity index (χ2v) is 5.09. The summed E-state index contributed by atoms with van der Waals surface area (Å²) >= 11 is 0. The number of benzene rings is 1.